The number of ether oxygens (including phenoxy) is 3. The molecule has 0 atom stereocenters. The third kappa shape index (κ3) is 3.89. The van der Waals surface area contributed by atoms with Crippen molar-refractivity contribution >= 4 is 11.9 Å². The average molecular weight is 378 g/mol. The molecule has 2 fully saturated rings. The number of carbonyl (C=O) groups is 2. The van der Waals surface area contributed by atoms with Crippen molar-refractivity contribution in [1.82, 2.24) is 9.47 Å². The lowest BCUT2D eigenvalue weighted by Crippen LogP contribution is -2.47. The molecule has 0 saturated carbocycles. The van der Waals surface area contributed by atoms with Crippen LogP contribution in [0.1, 0.15) is 53.5 Å². The molecule has 2 aliphatic heterocycles. The van der Waals surface area contributed by atoms with Crippen LogP contribution in [-0.4, -0.2) is 60.0 Å². The summed E-state index contributed by atoms with van der Waals surface area (Å²) in [5.41, 5.74) is 3.42. The highest BCUT2D eigenvalue weighted by atomic mass is 16.7. The van der Waals surface area contributed by atoms with Gasteiger partial charge in [-0.2, -0.15) is 0 Å². The van der Waals surface area contributed by atoms with Crippen LogP contribution in [0.4, 0.5) is 0 Å². The van der Waals surface area contributed by atoms with E-state index in [1.54, 1.807) is 6.92 Å². The van der Waals surface area contributed by atoms with Crippen LogP contribution in [0.5, 0.6) is 0 Å². The Morgan fingerprint density at radius 2 is 1.78 bits per heavy atom. The van der Waals surface area contributed by atoms with Crippen molar-refractivity contribution in [2.45, 2.75) is 52.2 Å². The van der Waals surface area contributed by atoms with Gasteiger partial charge in [0.1, 0.15) is 0 Å². The van der Waals surface area contributed by atoms with Crippen LogP contribution in [0.15, 0.2) is 0 Å². The van der Waals surface area contributed by atoms with Gasteiger partial charge < -0.3 is 23.7 Å². The van der Waals surface area contributed by atoms with Gasteiger partial charge in [0, 0.05) is 50.8 Å². The van der Waals surface area contributed by atoms with Gasteiger partial charge in [-0.15, -0.1) is 0 Å². The minimum absolute atomic E-state index is 0.138. The predicted molar refractivity (Wildman–Crippen MR) is 99.6 cm³/mol. The van der Waals surface area contributed by atoms with Crippen molar-refractivity contribution in [1.29, 1.82) is 0 Å². The molecule has 7 heteroatoms. The molecule has 2 aliphatic rings. The first-order valence-electron chi connectivity index (χ1n) is 9.76. The Kier molecular flexibility index (Phi) is 5.91. The third-order valence-corrected chi connectivity index (χ3v) is 5.82. The van der Waals surface area contributed by atoms with Gasteiger partial charge in [-0.25, -0.2) is 4.79 Å². The smallest absolute Gasteiger partial charge is 0.340 e. The Bertz CT molecular complexity index is 708. The van der Waals surface area contributed by atoms with Crippen molar-refractivity contribution in [3.05, 3.63) is 22.5 Å². The van der Waals surface area contributed by atoms with Gasteiger partial charge in [-0.3, -0.25) is 4.79 Å². The molecule has 1 amide bonds. The maximum atomic E-state index is 12.7. The first-order chi connectivity index (χ1) is 12.9. The topological polar surface area (TPSA) is 70.0 Å². The zero-order valence-electron chi connectivity index (χ0n) is 16.8. The summed E-state index contributed by atoms with van der Waals surface area (Å²) in [6.07, 6.45) is 2.49. The molecule has 0 aromatic carbocycles. The predicted octanol–water partition coefficient (Wildman–Crippen LogP) is 2.12. The van der Waals surface area contributed by atoms with E-state index in [-0.39, 0.29) is 11.9 Å². The molecule has 7 nitrogen and oxygen atoms in total. The van der Waals surface area contributed by atoms with E-state index in [0.29, 0.717) is 51.3 Å². The Hall–Kier alpha value is -1.86. The maximum Gasteiger partial charge on any atom is 0.340 e. The summed E-state index contributed by atoms with van der Waals surface area (Å²) in [7, 11) is 1.93. The van der Waals surface area contributed by atoms with Gasteiger partial charge in [0.05, 0.1) is 25.4 Å². The summed E-state index contributed by atoms with van der Waals surface area (Å²) in [5, 5.41) is 0. The van der Waals surface area contributed by atoms with Crippen LogP contribution >= 0.6 is 0 Å². The van der Waals surface area contributed by atoms with Crippen LogP contribution < -0.4 is 0 Å². The number of hydrogen-bond acceptors (Lipinski definition) is 5. The Balaban J connectivity index is 1.61. The molecule has 3 rings (SSSR count). The zero-order chi connectivity index (χ0) is 19.6. The van der Waals surface area contributed by atoms with Crippen LogP contribution in [-0.2, 0) is 32.5 Å². The number of nitrogens with zero attached hydrogens (tertiary/aromatic N) is 2. The van der Waals surface area contributed by atoms with Gasteiger partial charge in [0.15, 0.2) is 5.79 Å². The van der Waals surface area contributed by atoms with Crippen molar-refractivity contribution in [3.63, 3.8) is 0 Å². The van der Waals surface area contributed by atoms with E-state index in [1.807, 2.05) is 30.4 Å². The molecular formula is C20H30N2O5. The summed E-state index contributed by atoms with van der Waals surface area (Å²) in [5.74, 6) is -0.616. The number of rotatable bonds is 5. The fraction of sp³-hybridized carbons (Fsp3) is 0.700. The standard InChI is InChI=1S/C20H30N2O5/c1-5-25-19(24)18-14(2)16(21(4)15(18)3)6-7-17(23)22-10-8-20(9-11-22)26-12-13-27-20/h5-13H2,1-4H3. The normalized spacial score (nSPS) is 18.9. The Morgan fingerprint density at radius 1 is 1.15 bits per heavy atom. The van der Waals surface area contributed by atoms with Crippen LogP contribution in [0, 0.1) is 13.8 Å². The molecule has 2 saturated heterocycles. The van der Waals surface area contributed by atoms with Crippen LogP contribution in [0.25, 0.3) is 0 Å². The summed E-state index contributed by atoms with van der Waals surface area (Å²) in [6.45, 7) is 8.61. The number of amides is 1. The zero-order valence-corrected chi connectivity index (χ0v) is 16.8. The number of aromatic nitrogens is 1. The number of esters is 1. The SMILES string of the molecule is CCOC(=O)c1c(C)c(CCC(=O)N2CCC3(CC2)OCCO3)n(C)c1C. The lowest BCUT2D eigenvalue weighted by atomic mass is 10.0. The molecule has 1 aromatic rings. The van der Waals surface area contributed by atoms with Crippen LogP contribution in [0.2, 0.25) is 0 Å². The molecule has 1 aromatic heterocycles. The van der Waals surface area contributed by atoms with Crippen molar-refractivity contribution in [3.8, 4) is 0 Å². The molecule has 0 bridgehead atoms. The van der Waals surface area contributed by atoms with E-state index in [1.165, 1.54) is 0 Å². The minimum atomic E-state index is -0.461. The number of likely N-dealkylation sites (tertiary alicyclic amines) is 1. The molecule has 27 heavy (non-hydrogen) atoms. The maximum absolute atomic E-state index is 12.7. The van der Waals surface area contributed by atoms with Crippen LogP contribution in [0.3, 0.4) is 0 Å². The molecule has 150 valence electrons. The van der Waals surface area contributed by atoms with E-state index in [2.05, 4.69) is 0 Å². The number of hydrogen-bond donors (Lipinski definition) is 0. The fourth-order valence-corrected chi connectivity index (χ4v) is 4.16. The summed E-state index contributed by atoms with van der Waals surface area (Å²) < 4.78 is 18.6. The largest absolute Gasteiger partial charge is 0.462 e. The highest BCUT2D eigenvalue weighted by molar-refractivity contribution is 5.93. The van der Waals surface area contributed by atoms with Gasteiger partial charge in [-0.05, 0) is 32.8 Å². The first-order valence-corrected chi connectivity index (χ1v) is 9.76. The highest BCUT2D eigenvalue weighted by Crippen LogP contribution is 2.31. The Labute approximate surface area is 160 Å². The van der Waals surface area contributed by atoms with Gasteiger partial charge in [0.2, 0.25) is 5.91 Å². The summed E-state index contributed by atoms with van der Waals surface area (Å²) >= 11 is 0. The third-order valence-electron chi connectivity index (χ3n) is 5.82. The second-order valence-electron chi connectivity index (χ2n) is 7.30. The van der Waals surface area contributed by atoms with Crippen molar-refractivity contribution in [2.75, 3.05) is 32.9 Å². The van der Waals surface area contributed by atoms with Gasteiger partial charge in [-0.1, -0.05) is 0 Å². The lowest BCUT2D eigenvalue weighted by Gasteiger charge is -2.37. The fourth-order valence-electron chi connectivity index (χ4n) is 4.16. The van der Waals surface area contributed by atoms with Crippen molar-refractivity contribution < 1.29 is 23.8 Å². The number of piperidine rings is 1. The summed E-state index contributed by atoms with van der Waals surface area (Å²) in [6, 6.07) is 0. The summed E-state index contributed by atoms with van der Waals surface area (Å²) in [4.78, 5) is 26.8. The van der Waals surface area contributed by atoms with E-state index in [9.17, 15) is 9.59 Å². The highest BCUT2D eigenvalue weighted by Gasteiger charge is 2.40. The second-order valence-corrected chi connectivity index (χ2v) is 7.30. The number of carbonyl (C=O) groups excluding carboxylic acids is 2. The molecule has 3 heterocycles. The van der Waals surface area contributed by atoms with E-state index in [0.717, 1.165) is 29.8 Å². The van der Waals surface area contributed by atoms with Gasteiger partial charge >= 0.3 is 5.97 Å². The second kappa shape index (κ2) is 8.02. The van der Waals surface area contributed by atoms with E-state index >= 15 is 0 Å². The minimum Gasteiger partial charge on any atom is -0.462 e. The van der Waals surface area contributed by atoms with Crippen molar-refractivity contribution in [2.24, 2.45) is 7.05 Å². The molecule has 0 aliphatic carbocycles. The molecule has 0 unspecified atom stereocenters. The molecular weight excluding hydrogens is 348 g/mol. The van der Waals surface area contributed by atoms with Gasteiger partial charge in [0.25, 0.3) is 0 Å². The molecule has 0 N–H and O–H groups in total. The van der Waals surface area contributed by atoms with E-state index in [4.69, 9.17) is 14.2 Å². The first kappa shape index (κ1) is 19.9. The monoisotopic (exact) mass is 378 g/mol. The molecule has 0 radical (unpaired) electrons. The average Bonchev–Trinajstić information content (AvgIpc) is 3.18. The lowest BCUT2D eigenvalue weighted by molar-refractivity contribution is -0.187. The quantitative estimate of drug-likeness (QED) is 0.734. The van der Waals surface area contributed by atoms with E-state index < -0.39 is 5.79 Å². The Morgan fingerprint density at radius 3 is 2.37 bits per heavy atom. The molecule has 1 spiro atoms.